The Morgan fingerprint density at radius 3 is 2.90 bits per heavy atom. The van der Waals surface area contributed by atoms with Crippen LogP contribution in [-0.4, -0.2) is 15.8 Å². The highest BCUT2D eigenvalue weighted by Gasteiger charge is 2.19. The maximum absolute atomic E-state index is 6.21. The summed E-state index contributed by atoms with van der Waals surface area (Å²) in [6, 6.07) is 8.91. The van der Waals surface area contributed by atoms with E-state index in [9.17, 15) is 0 Å². The standard InChI is InChI=1S/C16H20ClN3O/c1-11-15(16(17)20(2)19-11)10-21-14-5-3-4-12(8-14)9-18-13-6-7-13/h3-5,8,13,18H,6-7,9-10H2,1-2H3. The summed E-state index contributed by atoms with van der Waals surface area (Å²) >= 11 is 6.21. The molecule has 1 heterocycles. The summed E-state index contributed by atoms with van der Waals surface area (Å²) in [6.07, 6.45) is 2.60. The molecule has 5 heteroatoms. The van der Waals surface area contributed by atoms with Gasteiger partial charge in [-0.05, 0) is 37.5 Å². The first-order chi connectivity index (χ1) is 10.1. The zero-order chi connectivity index (χ0) is 14.8. The van der Waals surface area contributed by atoms with Gasteiger partial charge in [0.05, 0.1) is 5.69 Å². The molecule has 0 atom stereocenters. The van der Waals surface area contributed by atoms with Crippen LogP contribution in [0.4, 0.5) is 0 Å². The van der Waals surface area contributed by atoms with E-state index < -0.39 is 0 Å². The van der Waals surface area contributed by atoms with Gasteiger partial charge in [0.1, 0.15) is 17.5 Å². The van der Waals surface area contributed by atoms with E-state index in [2.05, 4.69) is 22.5 Å². The van der Waals surface area contributed by atoms with Crippen LogP contribution in [0.5, 0.6) is 5.75 Å². The van der Waals surface area contributed by atoms with E-state index in [4.69, 9.17) is 16.3 Å². The van der Waals surface area contributed by atoms with Crippen LogP contribution < -0.4 is 10.1 Å². The Balaban J connectivity index is 1.62. The molecule has 0 unspecified atom stereocenters. The smallest absolute Gasteiger partial charge is 0.133 e. The first-order valence-corrected chi connectivity index (χ1v) is 7.64. The molecule has 1 aliphatic rings. The van der Waals surface area contributed by atoms with Crippen molar-refractivity contribution in [2.75, 3.05) is 0 Å². The molecule has 21 heavy (non-hydrogen) atoms. The van der Waals surface area contributed by atoms with Crippen LogP contribution >= 0.6 is 11.6 Å². The van der Waals surface area contributed by atoms with Gasteiger partial charge in [-0.1, -0.05) is 23.7 Å². The van der Waals surface area contributed by atoms with Gasteiger partial charge >= 0.3 is 0 Å². The average Bonchev–Trinajstić information content (AvgIpc) is 3.26. The Morgan fingerprint density at radius 1 is 1.43 bits per heavy atom. The van der Waals surface area contributed by atoms with Crippen LogP contribution in [-0.2, 0) is 20.2 Å². The summed E-state index contributed by atoms with van der Waals surface area (Å²) in [7, 11) is 1.84. The summed E-state index contributed by atoms with van der Waals surface area (Å²) in [5.74, 6) is 0.865. The molecule has 4 nitrogen and oxygen atoms in total. The highest BCUT2D eigenvalue weighted by atomic mass is 35.5. The molecule has 1 fully saturated rings. The van der Waals surface area contributed by atoms with Crippen LogP contribution in [0.15, 0.2) is 24.3 Å². The topological polar surface area (TPSA) is 39.1 Å². The van der Waals surface area contributed by atoms with Crippen LogP contribution in [0.3, 0.4) is 0 Å². The minimum atomic E-state index is 0.442. The van der Waals surface area contributed by atoms with Crippen LogP contribution in [0.25, 0.3) is 0 Å². The summed E-state index contributed by atoms with van der Waals surface area (Å²) < 4.78 is 7.54. The van der Waals surface area contributed by atoms with Crippen LogP contribution in [0.2, 0.25) is 5.15 Å². The lowest BCUT2D eigenvalue weighted by molar-refractivity contribution is 0.305. The van der Waals surface area contributed by atoms with Crippen molar-refractivity contribution in [3.63, 3.8) is 0 Å². The number of aryl methyl sites for hydroxylation is 2. The lowest BCUT2D eigenvalue weighted by Gasteiger charge is -2.09. The predicted octanol–water partition coefficient (Wildman–Crippen LogP) is 3.21. The Bertz CT molecular complexity index is 634. The largest absolute Gasteiger partial charge is 0.489 e. The summed E-state index contributed by atoms with van der Waals surface area (Å²) in [5.41, 5.74) is 3.10. The molecule has 1 saturated carbocycles. The molecule has 1 aliphatic carbocycles. The number of rotatable bonds is 6. The van der Waals surface area contributed by atoms with Gasteiger partial charge < -0.3 is 10.1 Å². The Hall–Kier alpha value is -1.52. The fraction of sp³-hybridized carbons (Fsp3) is 0.438. The van der Waals surface area contributed by atoms with Gasteiger partial charge in [0.2, 0.25) is 0 Å². The quantitative estimate of drug-likeness (QED) is 0.890. The number of hydrogen-bond acceptors (Lipinski definition) is 3. The normalized spacial score (nSPS) is 14.4. The molecule has 1 N–H and O–H groups in total. The second kappa shape index (κ2) is 6.08. The van der Waals surface area contributed by atoms with Crippen LogP contribution in [0, 0.1) is 6.92 Å². The van der Waals surface area contributed by atoms with Crippen molar-refractivity contribution in [3.05, 3.63) is 46.2 Å². The van der Waals surface area contributed by atoms with Gasteiger partial charge in [-0.3, -0.25) is 4.68 Å². The van der Waals surface area contributed by atoms with Crippen molar-refractivity contribution < 1.29 is 4.74 Å². The first kappa shape index (κ1) is 14.4. The molecular weight excluding hydrogens is 286 g/mol. The molecule has 0 amide bonds. The zero-order valence-electron chi connectivity index (χ0n) is 12.4. The molecule has 0 radical (unpaired) electrons. The Labute approximate surface area is 130 Å². The van der Waals surface area contributed by atoms with Gasteiger partial charge in [0.15, 0.2) is 0 Å². The zero-order valence-corrected chi connectivity index (χ0v) is 13.2. The second-order valence-corrected chi connectivity index (χ2v) is 5.93. The lowest BCUT2D eigenvalue weighted by Crippen LogP contribution is -2.15. The fourth-order valence-electron chi connectivity index (χ4n) is 2.29. The van der Waals surface area contributed by atoms with E-state index >= 15 is 0 Å². The third-order valence-corrected chi connectivity index (χ3v) is 4.20. The molecule has 2 aromatic rings. The van der Waals surface area contributed by atoms with E-state index in [0.717, 1.165) is 23.6 Å². The molecule has 0 saturated heterocycles. The van der Waals surface area contributed by atoms with Crippen molar-refractivity contribution in [3.8, 4) is 5.75 Å². The van der Waals surface area contributed by atoms with Crippen molar-refractivity contribution in [1.29, 1.82) is 0 Å². The highest BCUT2D eigenvalue weighted by molar-refractivity contribution is 6.30. The monoisotopic (exact) mass is 305 g/mol. The van der Waals surface area contributed by atoms with Crippen molar-refractivity contribution in [2.45, 2.75) is 39.0 Å². The predicted molar refractivity (Wildman–Crippen MR) is 83.6 cm³/mol. The highest BCUT2D eigenvalue weighted by Crippen LogP contribution is 2.23. The second-order valence-electron chi connectivity index (χ2n) is 5.57. The maximum Gasteiger partial charge on any atom is 0.133 e. The fourth-order valence-corrected chi connectivity index (χ4v) is 2.52. The third kappa shape index (κ3) is 3.57. The van der Waals surface area contributed by atoms with Gasteiger partial charge in [-0.25, -0.2) is 0 Å². The third-order valence-electron chi connectivity index (χ3n) is 3.72. The van der Waals surface area contributed by atoms with Crippen LogP contribution in [0.1, 0.15) is 29.7 Å². The molecule has 0 bridgehead atoms. The van der Waals surface area contributed by atoms with Gasteiger partial charge in [-0.2, -0.15) is 5.10 Å². The number of nitrogens with one attached hydrogen (secondary N) is 1. The van der Waals surface area contributed by atoms with E-state index in [0.29, 0.717) is 17.8 Å². The number of nitrogens with zero attached hydrogens (tertiary/aromatic N) is 2. The average molecular weight is 306 g/mol. The van der Waals surface area contributed by atoms with Crippen molar-refractivity contribution >= 4 is 11.6 Å². The van der Waals surface area contributed by atoms with Crippen molar-refractivity contribution in [1.82, 2.24) is 15.1 Å². The Kier molecular flexibility index (Phi) is 4.17. The van der Waals surface area contributed by atoms with Gasteiger partial charge in [-0.15, -0.1) is 0 Å². The molecule has 112 valence electrons. The SMILES string of the molecule is Cc1nn(C)c(Cl)c1COc1cccc(CNC2CC2)c1. The minimum Gasteiger partial charge on any atom is -0.489 e. The van der Waals surface area contributed by atoms with E-state index in [1.807, 2.05) is 26.1 Å². The van der Waals surface area contributed by atoms with Crippen molar-refractivity contribution in [2.24, 2.45) is 7.05 Å². The maximum atomic E-state index is 6.21. The molecule has 0 spiro atoms. The lowest BCUT2D eigenvalue weighted by atomic mass is 10.2. The molecule has 1 aromatic heterocycles. The van der Waals surface area contributed by atoms with Gasteiger partial charge in [0, 0.05) is 25.2 Å². The first-order valence-electron chi connectivity index (χ1n) is 7.26. The Morgan fingerprint density at radius 2 is 2.24 bits per heavy atom. The number of ether oxygens (including phenoxy) is 1. The van der Waals surface area contributed by atoms with E-state index in [1.54, 1.807) is 4.68 Å². The molecular formula is C16H20ClN3O. The number of hydrogen-bond donors (Lipinski definition) is 1. The van der Waals surface area contributed by atoms with E-state index in [-0.39, 0.29) is 0 Å². The summed E-state index contributed by atoms with van der Waals surface area (Å²) in [5, 5.41) is 8.43. The van der Waals surface area contributed by atoms with Gasteiger partial charge in [0.25, 0.3) is 0 Å². The molecule has 0 aliphatic heterocycles. The van der Waals surface area contributed by atoms with E-state index in [1.165, 1.54) is 18.4 Å². The number of halogens is 1. The minimum absolute atomic E-state index is 0.442. The number of benzene rings is 1. The number of aromatic nitrogens is 2. The molecule has 1 aromatic carbocycles. The summed E-state index contributed by atoms with van der Waals surface area (Å²) in [6.45, 7) is 3.28. The summed E-state index contributed by atoms with van der Waals surface area (Å²) in [4.78, 5) is 0. The molecule has 3 rings (SSSR count).